The van der Waals surface area contributed by atoms with Crippen molar-refractivity contribution in [1.82, 2.24) is 30.2 Å². The minimum Gasteiger partial charge on any atom is -0.341 e. The van der Waals surface area contributed by atoms with E-state index < -0.39 is 0 Å². The van der Waals surface area contributed by atoms with Crippen LogP contribution in [0.3, 0.4) is 0 Å². The molecule has 0 saturated carbocycles. The van der Waals surface area contributed by atoms with Crippen molar-refractivity contribution in [1.29, 1.82) is 0 Å². The van der Waals surface area contributed by atoms with Gasteiger partial charge in [0.1, 0.15) is 17.9 Å². The highest BCUT2D eigenvalue weighted by Crippen LogP contribution is 2.31. The van der Waals surface area contributed by atoms with Gasteiger partial charge in [-0.15, -0.1) is 0 Å². The van der Waals surface area contributed by atoms with E-state index in [-0.39, 0.29) is 0 Å². The van der Waals surface area contributed by atoms with Crippen LogP contribution in [-0.4, -0.2) is 51.3 Å². The molecule has 0 radical (unpaired) electrons. The summed E-state index contributed by atoms with van der Waals surface area (Å²) in [6, 6.07) is 17.9. The van der Waals surface area contributed by atoms with Gasteiger partial charge in [-0.3, -0.25) is 4.90 Å². The summed E-state index contributed by atoms with van der Waals surface area (Å²) in [5.74, 6) is 2.08. The van der Waals surface area contributed by atoms with Crippen LogP contribution in [0.4, 0.5) is 0 Å². The lowest BCUT2D eigenvalue weighted by Crippen LogP contribution is -2.19. The van der Waals surface area contributed by atoms with Crippen molar-refractivity contribution in [3.05, 3.63) is 60.2 Å². The third-order valence-corrected chi connectivity index (χ3v) is 6.77. The largest absolute Gasteiger partial charge is 0.341 e. The first-order chi connectivity index (χ1) is 18.6. The molecule has 3 heterocycles. The van der Waals surface area contributed by atoms with E-state index in [1.54, 1.807) is 0 Å². The molecule has 6 rings (SSSR count). The molecule has 1 saturated heterocycles. The van der Waals surface area contributed by atoms with E-state index >= 15 is 0 Å². The van der Waals surface area contributed by atoms with Gasteiger partial charge < -0.3 is 20.1 Å². The number of nitrogens with zero attached hydrogens (tertiary/aromatic N) is 3. The molecule has 0 aliphatic carbocycles. The molecule has 7 heteroatoms. The Kier molecular flexibility index (Phi) is 9.26. The van der Waals surface area contributed by atoms with Crippen molar-refractivity contribution in [2.45, 2.75) is 59.5 Å². The normalized spacial score (nSPS) is 14.9. The molecule has 0 spiro atoms. The summed E-state index contributed by atoms with van der Waals surface area (Å²) in [5, 5.41) is 5.95. The number of H-pyrrole nitrogens is 2. The molecule has 200 valence electrons. The summed E-state index contributed by atoms with van der Waals surface area (Å²) in [6.45, 7) is 10.6. The van der Waals surface area contributed by atoms with E-state index in [1.807, 2.05) is 13.8 Å². The van der Waals surface area contributed by atoms with Crippen molar-refractivity contribution >= 4 is 39.1 Å². The number of aromatic amines is 2. The fourth-order valence-electron chi connectivity index (χ4n) is 5.12. The first kappa shape index (κ1) is 27.5. The minimum absolute atomic E-state index is 0.347. The summed E-state index contributed by atoms with van der Waals surface area (Å²) in [4.78, 5) is 27.9. The van der Waals surface area contributed by atoms with Gasteiger partial charge in [0.2, 0.25) is 0 Å². The zero-order chi connectivity index (χ0) is 27.1. The van der Waals surface area contributed by atoms with Crippen LogP contribution >= 0.6 is 0 Å². The number of benzene rings is 3. The number of rotatable bonds is 6. The SMILES string of the molecule is CC.CC=O.CCCN(C)Cc1nc2ccc(-c3ccc4c(ccc5[nH]c(C6CCCN6)nc54)c3)cc2[nH]1. The molecule has 1 atom stereocenters. The Morgan fingerprint density at radius 2 is 1.76 bits per heavy atom. The van der Waals surface area contributed by atoms with Crippen LogP contribution in [0.25, 0.3) is 44.0 Å². The summed E-state index contributed by atoms with van der Waals surface area (Å²) in [5.41, 5.74) is 6.68. The first-order valence-electron chi connectivity index (χ1n) is 13.8. The zero-order valence-corrected chi connectivity index (χ0v) is 23.3. The highest BCUT2D eigenvalue weighted by molar-refractivity contribution is 6.05. The maximum absolute atomic E-state index is 8.81. The van der Waals surface area contributed by atoms with Gasteiger partial charge in [0.05, 0.1) is 34.7 Å². The second kappa shape index (κ2) is 12.8. The van der Waals surface area contributed by atoms with Crippen molar-refractivity contribution in [2.75, 3.05) is 20.1 Å². The van der Waals surface area contributed by atoms with E-state index in [1.165, 1.54) is 35.2 Å². The van der Waals surface area contributed by atoms with Crippen molar-refractivity contribution in [2.24, 2.45) is 0 Å². The summed E-state index contributed by atoms with van der Waals surface area (Å²) in [6.07, 6.45) is 4.25. The van der Waals surface area contributed by atoms with E-state index in [0.717, 1.165) is 72.5 Å². The molecule has 1 unspecified atom stereocenters. The first-order valence-corrected chi connectivity index (χ1v) is 13.8. The number of nitrogens with one attached hydrogen (secondary N) is 3. The summed E-state index contributed by atoms with van der Waals surface area (Å²) in [7, 11) is 2.14. The number of fused-ring (bicyclic) bond motifs is 4. The van der Waals surface area contributed by atoms with E-state index in [4.69, 9.17) is 14.8 Å². The van der Waals surface area contributed by atoms with E-state index in [2.05, 4.69) is 82.7 Å². The third kappa shape index (κ3) is 5.95. The number of aldehydes is 1. The van der Waals surface area contributed by atoms with Crippen LogP contribution in [0.2, 0.25) is 0 Å². The predicted molar refractivity (Wildman–Crippen MR) is 158 cm³/mol. The van der Waals surface area contributed by atoms with Crippen LogP contribution in [-0.2, 0) is 11.3 Å². The number of hydrogen-bond donors (Lipinski definition) is 3. The molecule has 1 aliphatic heterocycles. The van der Waals surface area contributed by atoms with Crippen LogP contribution in [0.5, 0.6) is 0 Å². The fourth-order valence-corrected chi connectivity index (χ4v) is 5.12. The Morgan fingerprint density at radius 3 is 2.50 bits per heavy atom. The molecule has 3 N–H and O–H groups in total. The predicted octanol–water partition coefficient (Wildman–Crippen LogP) is 6.76. The molecule has 7 nitrogen and oxygen atoms in total. The summed E-state index contributed by atoms with van der Waals surface area (Å²) >= 11 is 0. The Balaban J connectivity index is 0.000000630. The quantitative estimate of drug-likeness (QED) is 0.219. The lowest BCUT2D eigenvalue weighted by molar-refractivity contribution is -0.106. The van der Waals surface area contributed by atoms with Crippen LogP contribution in [0.1, 0.15) is 64.6 Å². The van der Waals surface area contributed by atoms with E-state index in [9.17, 15) is 0 Å². The standard InChI is InChI=1S/C27H30N6.C2H4O.C2H6/c1-3-13-33(2)16-25-29-21-10-7-18(15-24(21)30-25)17-6-9-20-19(14-17)8-11-22-26(20)32-27(31-22)23-5-4-12-28-23;1-2-3;1-2/h6-11,14-15,23,28H,3-5,12-13,16H2,1-2H3,(H,29,30)(H,31,32);2H,1H3;1-2H3. The highest BCUT2D eigenvalue weighted by atomic mass is 16.1. The molecule has 0 amide bonds. The molecule has 3 aromatic carbocycles. The monoisotopic (exact) mass is 512 g/mol. The second-order valence-electron chi connectivity index (χ2n) is 9.56. The number of carbonyl (C=O) groups is 1. The van der Waals surface area contributed by atoms with Crippen molar-refractivity contribution < 1.29 is 4.79 Å². The van der Waals surface area contributed by atoms with Gasteiger partial charge in [-0.2, -0.15) is 0 Å². The van der Waals surface area contributed by atoms with Gasteiger partial charge in [-0.25, -0.2) is 9.97 Å². The number of hydrogen-bond acceptors (Lipinski definition) is 5. The van der Waals surface area contributed by atoms with Crippen LogP contribution < -0.4 is 5.32 Å². The molecule has 1 aliphatic rings. The maximum Gasteiger partial charge on any atom is 0.124 e. The molecular weight excluding hydrogens is 472 g/mol. The average Bonchev–Trinajstić information content (AvgIpc) is 3.69. The minimum atomic E-state index is 0.347. The molecule has 5 aromatic rings. The lowest BCUT2D eigenvalue weighted by atomic mass is 10.0. The van der Waals surface area contributed by atoms with Gasteiger partial charge in [0.15, 0.2) is 0 Å². The Hall–Kier alpha value is -3.55. The van der Waals surface area contributed by atoms with Crippen molar-refractivity contribution in [3.63, 3.8) is 0 Å². The Morgan fingerprint density at radius 1 is 1.00 bits per heavy atom. The Bertz CT molecular complexity index is 1490. The summed E-state index contributed by atoms with van der Waals surface area (Å²) < 4.78 is 0. The van der Waals surface area contributed by atoms with Crippen molar-refractivity contribution in [3.8, 4) is 11.1 Å². The number of aromatic nitrogens is 4. The zero-order valence-electron chi connectivity index (χ0n) is 23.3. The molecule has 2 aromatic heterocycles. The topological polar surface area (TPSA) is 89.7 Å². The number of carbonyl (C=O) groups excluding carboxylic acids is 1. The molecule has 1 fully saturated rings. The smallest absolute Gasteiger partial charge is 0.124 e. The van der Waals surface area contributed by atoms with Crippen LogP contribution in [0, 0.1) is 0 Å². The van der Waals surface area contributed by atoms with Gasteiger partial charge in [-0.1, -0.05) is 45.0 Å². The van der Waals surface area contributed by atoms with Crippen LogP contribution in [0.15, 0.2) is 48.5 Å². The maximum atomic E-state index is 8.81. The van der Waals surface area contributed by atoms with Gasteiger partial charge >= 0.3 is 0 Å². The molecule has 38 heavy (non-hydrogen) atoms. The Labute approximate surface area is 225 Å². The second-order valence-corrected chi connectivity index (χ2v) is 9.56. The lowest BCUT2D eigenvalue weighted by Gasteiger charge is -2.12. The van der Waals surface area contributed by atoms with Gasteiger partial charge in [0.25, 0.3) is 0 Å². The fraction of sp³-hybridized carbons (Fsp3) is 0.387. The molecule has 0 bridgehead atoms. The van der Waals surface area contributed by atoms with Gasteiger partial charge in [0, 0.05) is 5.39 Å². The van der Waals surface area contributed by atoms with E-state index in [0.29, 0.717) is 6.04 Å². The third-order valence-electron chi connectivity index (χ3n) is 6.77. The van der Waals surface area contributed by atoms with Gasteiger partial charge in [-0.05, 0) is 87.1 Å². The highest BCUT2D eigenvalue weighted by Gasteiger charge is 2.20. The average molecular weight is 513 g/mol. The number of imidazole rings is 2. The molecular formula is C31H40N6O.